The van der Waals surface area contributed by atoms with E-state index in [2.05, 4.69) is 58.1 Å². The molecule has 1 aromatic carbocycles. The maximum absolute atomic E-state index is 5.86. The van der Waals surface area contributed by atoms with Gasteiger partial charge in [0.25, 0.3) is 0 Å². The average Bonchev–Trinajstić information content (AvgIpc) is 3.09. The maximum atomic E-state index is 5.86. The molecule has 7 nitrogen and oxygen atoms in total. The van der Waals surface area contributed by atoms with E-state index < -0.39 is 0 Å². The Hall–Kier alpha value is -1.81. The lowest BCUT2D eigenvalue weighted by Crippen LogP contribution is -2.37. The number of aryl methyl sites for hydroxylation is 1. The van der Waals surface area contributed by atoms with E-state index in [4.69, 9.17) is 9.47 Å². The number of aliphatic imine (C=N–C) groups is 1. The molecular formula is C21H34IN5O2. The number of nitrogens with one attached hydrogen (secondary N) is 2. The van der Waals surface area contributed by atoms with Crippen LogP contribution in [0, 0.1) is 12.8 Å². The molecule has 2 rings (SSSR count). The third-order valence-corrected chi connectivity index (χ3v) is 4.22. The fourth-order valence-corrected chi connectivity index (χ4v) is 2.81. The van der Waals surface area contributed by atoms with E-state index in [0.717, 1.165) is 35.2 Å². The van der Waals surface area contributed by atoms with Crippen molar-refractivity contribution >= 4 is 29.9 Å². The molecule has 0 saturated heterocycles. The summed E-state index contributed by atoms with van der Waals surface area (Å²) < 4.78 is 13.1. The molecule has 29 heavy (non-hydrogen) atoms. The SMILES string of the molecule is CN=C(NCc1ccc(C)cc1OCCOC)NCc1nccn1CC(C)C.I. The summed E-state index contributed by atoms with van der Waals surface area (Å²) in [5.74, 6) is 3.16. The zero-order valence-corrected chi connectivity index (χ0v) is 20.4. The lowest BCUT2D eigenvalue weighted by atomic mass is 10.1. The molecule has 0 fully saturated rings. The van der Waals surface area contributed by atoms with Crippen LogP contribution in [0.1, 0.15) is 30.8 Å². The average molecular weight is 515 g/mol. The Morgan fingerprint density at radius 2 is 1.97 bits per heavy atom. The van der Waals surface area contributed by atoms with Gasteiger partial charge in [0.15, 0.2) is 5.96 Å². The first kappa shape index (κ1) is 25.2. The van der Waals surface area contributed by atoms with Crippen LogP contribution in [0.5, 0.6) is 5.75 Å². The van der Waals surface area contributed by atoms with Gasteiger partial charge in [0.2, 0.25) is 0 Å². The number of aromatic nitrogens is 2. The highest BCUT2D eigenvalue weighted by molar-refractivity contribution is 14.0. The largest absolute Gasteiger partial charge is 0.491 e. The third-order valence-electron chi connectivity index (χ3n) is 4.22. The molecule has 0 amide bonds. The summed E-state index contributed by atoms with van der Waals surface area (Å²) in [6.45, 7) is 9.73. The first-order valence-corrected chi connectivity index (χ1v) is 9.69. The van der Waals surface area contributed by atoms with Crippen LogP contribution in [0.25, 0.3) is 0 Å². The van der Waals surface area contributed by atoms with Crippen molar-refractivity contribution in [3.63, 3.8) is 0 Å². The fraction of sp³-hybridized carbons (Fsp3) is 0.524. The number of hydrogen-bond donors (Lipinski definition) is 2. The molecule has 162 valence electrons. The standard InChI is InChI=1S/C21H33N5O2.HI/c1-16(2)15-26-9-8-23-20(26)14-25-21(22-4)24-13-18-7-6-17(3)12-19(18)28-11-10-27-5;/h6-9,12,16H,10-11,13-15H2,1-5H3,(H2,22,24,25);1H. The van der Waals surface area contributed by atoms with Crippen molar-refractivity contribution in [1.82, 2.24) is 20.2 Å². The number of hydrogen-bond acceptors (Lipinski definition) is 4. The summed E-state index contributed by atoms with van der Waals surface area (Å²) in [4.78, 5) is 8.76. The maximum Gasteiger partial charge on any atom is 0.191 e. The highest BCUT2D eigenvalue weighted by Crippen LogP contribution is 2.20. The van der Waals surface area contributed by atoms with Gasteiger partial charge >= 0.3 is 0 Å². The van der Waals surface area contributed by atoms with Crippen LogP contribution in [0.3, 0.4) is 0 Å². The van der Waals surface area contributed by atoms with Gasteiger partial charge in [-0.2, -0.15) is 0 Å². The molecule has 0 atom stereocenters. The van der Waals surface area contributed by atoms with Crippen molar-refractivity contribution in [2.24, 2.45) is 10.9 Å². The van der Waals surface area contributed by atoms with E-state index in [1.807, 2.05) is 18.5 Å². The minimum atomic E-state index is 0. The van der Waals surface area contributed by atoms with Gasteiger partial charge in [-0.05, 0) is 24.5 Å². The molecular weight excluding hydrogens is 481 g/mol. The second-order valence-electron chi connectivity index (χ2n) is 7.12. The van der Waals surface area contributed by atoms with Gasteiger partial charge in [0, 0.05) is 45.2 Å². The Kier molecular flexibility index (Phi) is 11.7. The number of methoxy groups -OCH3 is 1. The highest BCUT2D eigenvalue weighted by atomic mass is 127. The summed E-state index contributed by atoms with van der Waals surface area (Å²) in [6, 6.07) is 6.21. The smallest absolute Gasteiger partial charge is 0.191 e. The Balaban J connectivity index is 0.00000420. The van der Waals surface area contributed by atoms with Crippen LogP contribution in [0.2, 0.25) is 0 Å². The van der Waals surface area contributed by atoms with Crippen molar-refractivity contribution in [1.29, 1.82) is 0 Å². The van der Waals surface area contributed by atoms with Crippen molar-refractivity contribution < 1.29 is 9.47 Å². The van der Waals surface area contributed by atoms with E-state index in [-0.39, 0.29) is 24.0 Å². The van der Waals surface area contributed by atoms with Gasteiger partial charge < -0.3 is 24.7 Å². The molecule has 2 aromatic rings. The molecule has 2 N–H and O–H groups in total. The zero-order chi connectivity index (χ0) is 20.4. The van der Waals surface area contributed by atoms with Crippen LogP contribution < -0.4 is 15.4 Å². The quantitative estimate of drug-likeness (QED) is 0.220. The lowest BCUT2D eigenvalue weighted by molar-refractivity contribution is 0.145. The highest BCUT2D eigenvalue weighted by Gasteiger charge is 2.08. The lowest BCUT2D eigenvalue weighted by Gasteiger charge is -2.16. The Labute approximate surface area is 191 Å². The number of rotatable bonds is 10. The van der Waals surface area contributed by atoms with Crippen LogP contribution in [0.4, 0.5) is 0 Å². The van der Waals surface area contributed by atoms with Gasteiger partial charge in [-0.3, -0.25) is 4.99 Å². The molecule has 0 bridgehead atoms. The molecule has 1 heterocycles. The van der Waals surface area contributed by atoms with Crippen molar-refractivity contribution in [3.8, 4) is 5.75 Å². The number of ether oxygens (including phenoxy) is 2. The number of guanidine groups is 1. The van der Waals surface area contributed by atoms with Gasteiger partial charge in [-0.15, -0.1) is 24.0 Å². The molecule has 0 spiro atoms. The van der Waals surface area contributed by atoms with Gasteiger partial charge in [-0.1, -0.05) is 26.0 Å². The molecule has 0 radical (unpaired) electrons. The van der Waals surface area contributed by atoms with Crippen molar-refractivity contribution in [2.45, 2.75) is 40.4 Å². The van der Waals surface area contributed by atoms with Crippen LogP contribution in [0.15, 0.2) is 35.6 Å². The Bertz CT molecular complexity index is 761. The van der Waals surface area contributed by atoms with E-state index in [0.29, 0.717) is 32.2 Å². The minimum Gasteiger partial charge on any atom is -0.491 e. The molecule has 0 aliphatic carbocycles. The second kappa shape index (κ2) is 13.4. The Morgan fingerprint density at radius 3 is 2.66 bits per heavy atom. The summed E-state index contributed by atoms with van der Waals surface area (Å²) in [5, 5.41) is 6.68. The number of halogens is 1. The monoisotopic (exact) mass is 515 g/mol. The molecule has 8 heteroatoms. The number of imidazole rings is 1. The minimum absolute atomic E-state index is 0. The van der Waals surface area contributed by atoms with E-state index in [1.54, 1.807) is 14.2 Å². The van der Waals surface area contributed by atoms with Crippen molar-refractivity contribution in [3.05, 3.63) is 47.5 Å². The van der Waals surface area contributed by atoms with E-state index >= 15 is 0 Å². The number of nitrogens with zero attached hydrogens (tertiary/aromatic N) is 3. The molecule has 0 aliphatic heterocycles. The van der Waals surface area contributed by atoms with E-state index in [9.17, 15) is 0 Å². The topological polar surface area (TPSA) is 72.7 Å². The fourth-order valence-electron chi connectivity index (χ4n) is 2.81. The van der Waals surface area contributed by atoms with Crippen LogP contribution in [-0.2, 0) is 24.4 Å². The second-order valence-corrected chi connectivity index (χ2v) is 7.12. The van der Waals surface area contributed by atoms with Gasteiger partial charge in [0.1, 0.15) is 18.2 Å². The molecule has 0 aliphatic rings. The molecule has 0 saturated carbocycles. The summed E-state index contributed by atoms with van der Waals surface area (Å²) >= 11 is 0. The summed E-state index contributed by atoms with van der Waals surface area (Å²) in [7, 11) is 3.44. The van der Waals surface area contributed by atoms with Crippen LogP contribution >= 0.6 is 24.0 Å². The predicted molar refractivity (Wildman–Crippen MR) is 128 cm³/mol. The zero-order valence-electron chi connectivity index (χ0n) is 18.1. The van der Waals surface area contributed by atoms with Gasteiger partial charge in [-0.25, -0.2) is 4.98 Å². The first-order valence-electron chi connectivity index (χ1n) is 9.69. The van der Waals surface area contributed by atoms with Gasteiger partial charge in [0.05, 0.1) is 13.2 Å². The Morgan fingerprint density at radius 1 is 1.21 bits per heavy atom. The summed E-state index contributed by atoms with van der Waals surface area (Å²) in [6.07, 6.45) is 3.86. The first-order chi connectivity index (χ1) is 13.5. The number of benzene rings is 1. The van der Waals surface area contributed by atoms with Crippen LogP contribution in [-0.4, -0.2) is 42.9 Å². The summed E-state index contributed by atoms with van der Waals surface area (Å²) in [5.41, 5.74) is 2.24. The van der Waals surface area contributed by atoms with Crippen molar-refractivity contribution in [2.75, 3.05) is 27.4 Å². The molecule has 0 unspecified atom stereocenters. The predicted octanol–water partition coefficient (Wildman–Crippen LogP) is 3.36. The third kappa shape index (κ3) is 8.61. The molecule has 1 aromatic heterocycles. The normalized spacial score (nSPS) is 11.3. The van der Waals surface area contributed by atoms with E-state index in [1.165, 1.54) is 0 Å².